The predicted molar refractivity (Wildman–Crippen MR) is 97.3 cm³/mol. The quantitative estimate of drug-likeness (QED) is 0.766. The van der Waals surface area contributed by atoms with Gasteiger partial charge in [0.15, 0.2) is 0 Å². The molecular formula is C20H30N2O3. The lowest BCUT2D eigenvalue weighted by Crippen LogP contribution is -2.51. The summed E-state index contributed by atoms with van der Waals surface area (Å²) in [6.07, 6.45) is 8.27. The van der Waals surface area contributed by atoms with Gasteiger partial charge in [0.25, 0.3) is 0 Å². The number of rotatable bonds is 5. The average Bonchev–Trinajstić information content (AvgIpc) is 2.63. The lowest BCUT2D eigenvalue weighted by molar-refractivity contribution is -0.107. The van der Waals surface area contributed by atoms with Crippen LogP contribution in [0.15, 0.2) is 30.3 Å². The van der Waals surface area contributed by atoms with Crippen LogP contribution in [0.5, 0.6) is 0 Å². The number of hydrogen-bond donors (Lipinski definition) is 3. The van der Waals surface area contributed by atoms with Crippen LogP contribution >= 0.6 is 0 Å². The van der Waals surface area contributed by atoms with Gasteiger partial charge in [0, 0.05) is 19.3 Å². The minimum absolute atomic E-state index is 0.0155. The molecule has 0 bridgehead atoms. The van der Waals surface area contributed by atoms with Crippen molar-refractivity contribution in [1.29, 1.82) is 0 Å². The molecule has 2 atom stereocenters. The van der Waals surface area contributed by atoms with Crippen molar-refractivity contribution in [3.8, 4) is 0 Å². The van der Waals surface area contributed by atoms with Crippen LogP contribution in [0.1, 0.15) is 63.0 Å². The Labute approximate surface area is 150 Å². The van der Waals surface area contributed by atoms with Gasteiger partial charge in [-0.3, -0.25) is 0 Å². The van der Waals surface area contributed by atoms with E-state index < -0.39 is 0 Å². The molecule has 25 heavy (non-hydrogen) atoms. The van der Waals surface area contributed by atoms with E-state index in [1.165, 1.54) is 19.3 Å². The minimum atomic E-state index is -0.172. The van der Waals surface area contributed by atoms with E-state index in [-0.39, 0.29) is 30.3 Å². The Balaban J connectivity index is 1.55. The fraction of sp³-hybridized carbons (Fsp3) is 0.650. The van der Waals surface area contributed by atoms with Gasteiger partial charge in [0.1, 0.15) is 0 Å². The Morgan fingerprint density at radius 2 is 2.00 bits per heavy atom. The van der Waals surface area contributed by atoms with Crippen molar-refractivity contribution in [3.63, 3.8) is 0 Å². The van der Waals surface area contributed by atoms with Gasteiger partial charge in [-0.15, -0.1) is 0 Å². The number of nitrogens with one attached hydrogen (secondary N) is 2. The van der Waals surface area contributed by atoms with Crippen LogP contribution in [-0.2, 0) is 4.74 Å². The summed E-state index contributed by atoms with van der Waals surface area (Å²) in [6, 6.07) is 9.64. The smallest absolute Gasteiger partial charge is 0.315 e. The maximum Gasteiger partial charge on any atom is 0.315 e. The maximum absolute atomic E-state index is 12.5. The lowest BCUT2D eigenvalue weighted by atomic mass is 9.78. The summed E-state index contributed by atoms with van der Waals surface area (Å²) in [7, 11) is 0. The monoisotopic (exact) mass is 346 g/mol. The molecule has 3 N–H and O–H groups in total. The first kappa shape index (κ1) is 18.2. The van der Waals surface area contributed by atoms with Gasteiger partial charge in [-0.1, -0.05) is 49.6 Å². The third-order valence-corrected chi connectivity index (χ3v) is 5.52. The molecule has 0 radical (unpaired) electrons. The van der Waals surface area contributed by atoms with E-state index in [2.05, 4.69) is 10.6 Å². The van der Waals surface area contributed by atoms with Crippen molar-refractivity contribution in [3.05, 3.63) is 35.9 Å². The highest BCUT2D eigenvalue weighted by Gasteiger charge is 2.38. The number of carbonyl (C=O) groups is 1. The number of ether oxygens (including phenoxy) is 1. The molecule has 1 unspecified atom stereocenters. The maximum atomic E-state index is 12.5. The van der Waals surface area contributed by atoms with Crippen molar-refractivity contribution >= 4 is 6.03 Å². The van der Waals surface area contributed by atoms with E-state index in [0.717, 1.165) is 37.9 Å². The zero-order valence-corrected chi connectivity index (χ0v) is 14.9. The molecule has 1 aliphatic carbocycles. The van der Waals surface area contributed by atoms with Crippen LogP contribution in [0, 0.1) is 0 Å². The third kappa shape index (κ3) is 4.95. The molecule has 2 aliphatic rings. The van der Waals surface area contributed by atoms with Crippen LogP contribution in [-0.4, -0.2) is 36.0 Å². The molecule has 138 valence electrons. The highest BCUT2D eigenvalue weighted by molar-refractivity contribution is 5.74. The van der Waals surface area contributed by atoms with E-state index in [1.807, 2.05) is 30.3 Å². The van der Waals surface area contributed by atoms with Crippen LogP contribution in [0.2, 0.25) is 0 Å². The second kappa shape index (κ2) is 8.68. The molecule has 1 aromatic rings. The first-order valence-electron chi connectivity index (χ1n) is 9.58. The van der Waals surface area contributed by atoms with Crippen LogP contribution in [0.4, 0.5) is 4.79 Å². The minimum Gasteiger partial charge on any atom is -0.396 e. The Bertz CT molecular complexity index is 538. The van der Waals surface area contributed by atoms with E-state index in [4.69, 9.17) is 4.74 Å². The van der Waals surface area contributed by atoms with Crippen LogP contribution in [0.3, 0.4) is 0 Å². The number of hydrogen-bond acceptors (Lipinski definition) is 3. The zero-order chi connectivity index (χ0) is 17.5. The molecule has 5 heteroatoms. The van der Waals surface area contributed by atoms with Crippen LogP contribution < -0.4 is 10.6 Å². The Kier molecular flexibility index (Phi) is 6.32. The van der Waals surface area contributed by atoms with E-state index >= 15 is 0 Å². The molecule has 1 saturated heterocycles. The van der Waals surface area contributed by atoms with E-state index in [1.54, 1.807) is 0 Å². The van der Waals surface area contributed by atoms with Gasteiger partial charge in [0.05, 0.1) is 11.6 Å². The van der Waals surface area contributed by atoms with E-state index in [0.29, 0.717) is 6.42 Å². The summed E-state index contributed by atoms with van der Waals surface area (Å²) in [5.41, 5.74) is 1.00. The molecule has 1 heterocycles. The SMILES string of the molecule is O=C(NC1CCOC2(CCCCC2)C1)N[C@H](CCO)c1ccccc1. The summed E-state index contributed by atoms with van der Waals surface area (Å²) in [6.45, 7) is 0.768. The second-order valence-electron chi connectivity index (χ2n) is 7.38. The Morgan fingerprint density at radius 3 is 2.72 bits per heavy atom. The molecule has 2 fully saturated rings. The van der Waals surface area contributed by atoms with Crippen molar-refractivity contribution < 1.29 is 14.6 Å². The topological polar surface area (TPSA) is 70.6 Å². The van der Waals surface area contributed by atoms with Gasteiger partial charge in [-0.2, -0.15) is 0 Å². The fourth-order valence-corrected chi connectivity index (χ4v) is 4.22. The average molecular weight is 346 g/mol. The molecule has 1 saturated carbocycles. The second-order valence-corrected chi connectivity index (χ2v) is 7.38. The molecule has 1 aliphatic heterocycles. The summed E-state index contributed by atoms with van der Waals surface area (Å²) < 4.78 is 6.10. The first-order valence-corrected chi connectivity index (χ1v) is 9.58. The van der Waals surface area contributed by atoms with Crippen molar-refractivity contribution in [2.75, 3.05) is 13.2 Å². The van der Waals surface area contributed by atoms with Gasteiger partial charge in [0.2, 0.25) is 0 Å². The molecule has 5 nitrogen and oxygen atoms in total. The number of aliphatic hydroxyl groups is 1. The highest BCUT2D eigenvalue weighted by Crippen LogP contribution is 2.38. The van der Waals surface area contributed by atoms with Crippen LogP contribution in [0.25, 0.3) is 0 Å². The van der Waals surface area contributed by atoms with Gasteiger partial charge < -0.3 is 20.5 Å². The Hall–Kier alpha value is -1.59. The summed E-state index contributed by atoms with van der Waals surface area (Å²) in [4.78, 5) is 12.5. The predicted octanol–water partition coefficient (Wildman–Crippen LogP) is 3.29. The molecule has 0 aromatic heterocycles. The molecule has 3 rings (SSSR count). The van der Waals surface area contributed by atoms with Crippen molar-refractivity contribution in [2.45, 2.75) is 69.1 Å². The van der Waals surface area contributed by atoms with Gasteiger partial charge in [-0.05, 0) is 37.7 Å². The van der Waals surface area contributed by atoms with Crippen molar-refractivity contribution in [2.24, 2.45) is 0 Å². The normalized spacial score (nSPS) is 23.8. The number of urea groups is 1. The first-order chi connectivity index (χ1) is 12.2. The molecule has 1 spiro atoms. The Morgan fingerprint density at radius 1 is 1.24 bits per heavy atom. The van der Waals surface area contributed by atoms with Gasteiger partial charge in [-0.25, -0.2) is 4.79 Å². The fourth-order valence-electron chi connectivity index (χ4n) is 4.22. The zero-order valence-electron chi connectivity index (χ0n) is 14.9. The molecule has 1 aromatic carbocycles. The molecule has 2 amide bonds. The number of benzene rings is 1. The van der Waals surface area contributed by atoms with E-state index in [9.17, 15) is 9.90 Å². The summed E-state index contributed by atoms with van der Waals surface area (Å²) in [5, 5.41) is 15.5. The summed E-state index contributed by atoms with van der Waals surface area (Å²) in [5.74, 6) is 0. The van der Waals surface area contributed by atoms with Gasteiger partial charge >= 0.3 is 6.03 Å². The third-order valence-electron chi connectivity index (χ3n) is 5.52. The standard InChI is InChI=1S/C20H30N2O3/c23-13-9-18(16-7-3-1-4-8-16)22-19(24)21-17-10-14-25-20(15-17)11-5-2-6-12-20/h1,3-4,7-8,17-18,23H,2,5-6,9-15H2,(H2,21,22,24)/t17?,18-/m1/s1. The largest absolute Gasteiger partial charge is 0.396 e. The van der Waals surface area contributed by atoms with Crippen molar-refractivity contribution in [1.82, 2.24) is 10.6 Å². The summed E-state index contributed by atoms with van der Waals surface area (Å²) >= 11 is 0. The number of amides is 2. The lowest BCUT2D eigenvalue weighted by Gasteiger charge is -2.43. The molecular weight excluding hydrogens is 316 g/mol. The number of carbonyl (C=O) groups excluding carboxylic acids is 1. The highest BCUT2D eigenvalue weighted by atomic mass is 16.5. The number of aliphatic hydroxyl groups excluding tert-OH is 1.